The van der Waals surface area contributed by atoms with Crippen molar-refractivity contribution in [2.24, 2.45) is 4.99 Å². The minimum Gasteiger partial charge on any atom is -0.494 e. The van der Waals surface area contributed by atoms with Crippen LogP contribution in [0.15, 0.2) is 40.5 Å². The second kappa shape index (κ2) is 8.82. The molecule has 3 rings (SSSR count). The normalized spacial score (nSPS) is 21.5. The maximum absolute atomic E-state index is 13.0. The van der Waals surface area contributed by atoms with Crippen LogP contribution in [0.1, 0.15) is 51.6 Å². The lowest BCUT2D eigenvalue weighted by atomic mass is 9.94. The molecule has 0 N–H and O–H groups in total. The molecule has 0 aromatic heterocycles. The fourth-order valence-electron chi connectivity index (χ4n) is 3.36. The molecule has 1 saturated heterocycles. The van der Waals surface area contributed by atoms with Gasteiger partial charge in [-0.2, -0.15) is 0 Å². The third-order valence-electron chi connectivity index (χ3n) is 4.89. The molecule has 0 bridgehead atoms. The number of hydrogen-bond donors (Lipinski definition) is 0. The van der Waals surface area contributed by atoms with Crippen molar-refractivity contribution in [1.82, 2.24) is 4.90 Å². The van der Waals surface area contributed by atoms with E-state index in [2.05, 4.69) is 11.9 Å². The van der Waals surface area contributed by atoms with Crippen LogP contribution in [-0.2, 0) is 14.3 Å². The average molecular weight is 403 g/mol. The van der Waals surface area contributed by atoms with Gasteiger partial charge in [-0.25, -0.2) is 9.79 Å². The van der Waals surface area contributed by atoms with Crippen molar-refractivity contribution in [3.8, 4) is 5.75 Å². The molecule has 6 nitrogen and oxygen atoms in total. The maximum Gasteiger partial charge on any atom is 0.338 e. The number of esters is 1. The predicted molar refractivity (Wildman–Crippen MR) is 110 cm³/mol. The zero-order chi connectivity index (χ0) is 20.3. The topological polar surface area (TPSA) is 68.2 Å². The first-order chi connectivity index (χ1) is 13.5. The summed E-state index contributed by atoms with van der Waals surface area (Å²) in [7, 11) is 1.35. The van der Waals surface area contributed by atoms with Gasteiger partial charge in [-0.05, 0) is 37.5 Å². The van der Waals surface area contributed by atoms with Crippen molar-refractivity contribution in [3.05, 3.63) is 41.1 Å². The van der Waals surface area contributed by atoms with E-state index < -0.39 is 12.0 Å². The van der Waals surface area contributed by atoms with E-state index in [4.69, 9.17) is 9.47 Å². The van der Waals surface area contributed by atoms with E-state index in [0.29, 0.717) is 29.5 Å². The summed E-state index contributed by atoms with van der Waals surface area (Å²) in [5, 5.41) is 0.470. The number of rotatable bonds is 7. The minimum absolute atomic E-state index is 0.0200. The molecule has 0 aliphatic carbocycles. The lowest BCUT2D eigenvalue weighted by molar-refractivity contribution is -0.137. The molecule has 2 heterocycles. The molecule has 0 spiro atoms. The molecular formula is C21H26N2O4S. The zero-order valence-electron chi connectivity index (χ0n) is 16.7. The van der Waals surface area contributed by atoms with E-state index in [1.165, 1.54) is 18.9 Å². The van der Waals surface area contributed by atoms with E-state index in [9.17, 15) is 9.59 Å². The van der Waals surface area contributed by atoms with Crippen molar-refractivity contribution in [3.63, 3.8) is 0 Å². The Balaban J connectivity index is 1.98. The third kappa shape index (κ3) is 3.81. The Morgan fingerprint density at radius 3 is 2.57 bits per heavy atom. The summed E-state index contributed by atoms with van der Waals surface area (Å²) in [6.45, 7) is 6.55. The molecule has 1 amide bonds. The number of hydrogen-bond acceptors (Lipinski definition) is 6. The van der Waals surface area contributed by atoms with Crippen molar-refractivity contribution in [2.75, 3.05) is 13.7 Å². The number of nitrogens with zero attached hydrogens (tertiary/aromatic N) is 2. The first-order valence-corrected chi connectivity index (χ1v) is 10.5. The highest BCUT2D eigenvalue weighted by molar-refractivity contribution is 8.15. The summed E-state index contributed by atoms with van der Waals surface area (Å²) < 4.78 is 10.7. The Kier molecular flexibility index (Phi) is 6.44. The maximum atomic E-state index is 13.0. The van der Waals surface area contributed by atoms with Crippen LogP contribution in [0.5, 0.6) is 5.75 Å². The summed E-state index contributed by atoms with van der Waals surface area (Å²) in [6, 6.07) is 7.03. The van der Waals surface area contributed by atoms with Crippen LogP contribution in [0.4, 0.5) is 0 Å². The van der Waals surface area contributed by atoms with Crippen molar-refractivity contribution in [1.29, 1.82) is 0 Å². The summed E-state index contributed by atoms with van der Waals surface area (Å²) in [5.41, 5.74) is 1.82. The molecule has 0 unspecified atom stereocenters. The summed E-state index contributed by atoms with van der Waals surface area (Å²) >= 11 is 1.46. The number of aliphatic imine (C=N–C) groups is 1. The number of unbranched alkanes of at least 4 members (excludes halogenated alkanes) is 1. The second-order valence-electron chi connectivity index (χ2n) is 6.78. The van der Waals surface area contributed by atoms with Crippen molar-refractivity contribution in [2.45, 2.75) is 51.3 Å². The SMILES string of the molecule is CCCCOc1ccc([C@H]2C(C(=O)OC)=C(C)N=C3S[C@H](CC)C(=O)N32)cc1. The van der Waals surface area contributed by atoms with Gasteiger partial charge < -0.3 is 9.47 Å². The molecule has 1 fully saturated rings. The van der Waals surface area contributed by atoms with Crippen LogP contribution in [0.2, 0.25) is 0 Å². The van der Waals surface area contributed by atoms with Crippen LogP contribution in [-0.4, -0.2) is 40.9 Å². The van der Waals surface area contributed by atoms with Crippen LogP contribution in [0.25, 0.3) is 0 Å². The van der Waals surface area contributed by atoms with Gasteiger partial charge in [0.1, 0.15) is 5.75 Å². The van der Waals surface area contributed by atoms with Gasteiger partial charge in [0.05, 0.1) is 36.3 Å². The number of amidine groups is 1. The Morgan fingerprint density at radius 2 is 1.96 bits per heavy atom. The predicted octanol–water partition coefficient (Wildman–Crippen LogP) is 4.08. The number of allylic oxidation sites excluding steroid dienone is 1. The van der Waals surface area contributed by atoms with Gasteiger partial charge in [0.2, 0.25) is 5.91 Å². The fourth-order valence-corrected chi connectivity index (χ4v) is 4.49. The van der Waals surface area contributed by atoms with Crippen LogP contribution in [0, 0.1) is 0 Å². The molecule has 150 valence electrons. The number of thioether (sulfide) groups is 1. The molecule has 2 aliphatic heterocycles. The van der Waals surface area contributed by atoms with E-state index in [0.717, 1.165) is 24.2 Å². The summed E-state index contributed by atoms with van der Waals surface area (Å²) in [6.07, 6.45) is 2.78. The Bertz CT molecular complexity index is 816. The number of benzene rings is 1. The van der Waals surface area contributed by atoms with Crippen LogP contribution < -0.4 is 4.74 Å². The number of carbonyl (C=O) groups excluding carboxylic acids is 2. The van der Waals surface area contributed by atoms with Gasteiger partial charge in [0.15, 0.2) is 5.17 Å². The van der Waals surface area contributed by atoms with Crippen molar-refractivity contribution < 1.29 is 19.1 Å². The molecule has 2 aliphatic rings. The standard InChI is InChI=1S/C21H26N2O4S/c1-5-7-12-27-15-10-8-14(9-11-15)18-17(20(25)26-4)13(3)22-21-23(18)19(24)16(6-2)28-21/h8-11,16,18H,5-7,12H2,1-4H3/t16-,18+/m1/s1. The van der Waals surface area contributed by atoms with Gasteiger partial charge >= 0.3 is 5.97 Å². The van der Waals surface area contributed by atoms with Gasteiger partial charge in [-0.15, -0.1) is 0 Å². The molecule has 1 aromatic carbocycles. The average Bonchev–Trinajstić information content (AvgIpc) is 3.02. The summed E-state index contributed by atoms with van der Waals surface area (Å²) in [4.78, 5) is 31.7. The lowest BCUT2D eigenvalue weighted by Crippen LogP contribution is -2.40. The van der Waals surface area contributed by atoms with E-state index in [1.54, 1.807) is 11.8 Å². The highest BCUT2D eigenvalue weighted by Gasteiger charge is 2.47. The Hall–Kier alpha value is -2.28. The smallest absolute Gasteiger partial charge is 0.338 e. The zero-order valence-corrected chi connectivity index (χ0v) is 17.5. The van der Waals surface area contributed by atoms with Gasteiger partial charge in [-0.3, -0.25) is 9.69 Å². The molecule has 0 radical (unpaired) electrons. The van der Waals surface area contributed by atoms with Gasteiger partial charge in [-0.1, -0.05) is 44.2 Å². The van der Waals surface area contributed by atoms with Gasteiger partial charge in [0, 0.05) is 0 Å². The van der Waals surface area contributed by atoms with Crippen molar-refractivity contribution >= 4 is 28.8 Å². The monoisotopic (exact) mass is 402 g/mol. The first kappa shape index (κ1) is 20.5. The highest BCUT2D eigenvalue weighted by Crippen LogP contribution is 2.44. The van der Waals surface area contributed by atoms with Crippen LogP contribution >= 0.6 is 11.8 Å². The van der Waals surface area contributed by atoms with E-state index in [-0.39, 0.29) is 11.2 Å². The lowest BCUT2D eigenvalue weighted by Gasteiger charge is -2.32. The summed E-state index contributed by atoms with van der Waals surface area (Å²) in [5.74, 6) is 0.288. The molecule has 28 heavy (non-hydrogen) atoms. The number of amides is 1. The Labute approximate surface area is 170 Å². The molecule has 2 atom stereocenters. The number of fused-ring (bicyclic) bond motifs is 1. The number of carbonyl (C=O) groups is 2. The van der Waals surface area contributed by atoms with Gasteiger partial charge in [0.25, 0.3) is 0 Å². The Morgan fingerprint density at radius 1 is 1.25 bits per heavy atom. The quantitative estimate of drug-likeness (QED) is 0.508. The number of ether oxygens (including phenoxy) is 2. The molecular weight excluding hydrogens is 376 g/mol. The second-order valence-corrected chi connectivity index (χ2v) is 7.95. The largest absolute Gasteiger partial charge is 0.494 e. The van der Waals surface area contributed by atoms with E-state index in [1.807, 2.05) is 31.2 Å². The molecule has 7 heteroatoms. The number of methoxy groups -OCH3 is 1. The third-order valence-corrected chi connectivity index (χ3v) is 6.21. The fraction of sp³-hybridized carbons (Fsp3) is 0.476. The molecule has 1 aromatic rings. The minimum atomic E-state index is -0.541. The van der Waals surface area contributed by atoms with E-state index >= 15 is 0 Å². The molecule has 0 saturated carbocycles. The highest BCUT2D eigenvalue weighted by atomic mass is 32.2. The first-order valence-electron chi connectivity index (χ1n) is 9.62. The van der Waals surface area contributed by atoms with Crippen LogP contribution in [0.3, 0.4) is 0 Å².